The van der Waals surface area contributed by atoms with Crippen LogP contribution in [0, 0.1) is 5.92 Å². The summed E-state index contributed by atoms with van der Waals surface area (Å²) in [6, 6.07) is 1.74. The van der Waals surface area contributed by atoms with Crippen molar-refractivity contribution < 1.29 is 9.53 Å². The second-order valence-electron chi connectivity index (χ2n) is 5.92. The lowest BCUT2D eigenvalue weighted by Gasteiger charge is -2.37. The van der Waals surface area contributed by atoms with Crippen molar-refractivity contribution in [2.75, 3.05) is 13.1 Å². The molecule has 7 heteroatoms. The molecule has 1 aliphatic heterocycles. The number of amides is 1. The maximum absolute atomic E-state index is 12.7. The lowest BCUT2D eigenvalue weighted by Crippen LogP contribution is -2.49. The molecule has 2 aromatic heterocycles. The maximum Gasteiger partial charge on any atom is 0.255 e. The Morgan fingerprint density at radius 2 is 2.24 bits per heavy atom. The molecule has 21 heavy (non-hydrogen) atoms. The average molecular weight is 287 g/mol. The molecule has 1 saturated heterocycles. The highest BCUT2D eigenvalue weighted by molar-refractivity contribution is 5.96. The Hall–Kier alpha value is -2.02. The highest BCUT2D eigenvalue weighted by atomic mass is 16.5. The van der Waals surface area contributed by atoms with Gasteiger partial charge in [-0.25, -0.2) is 4.98 Å². The van der Waals surface area contributed by atoms with E-state index >= 15 is 0 Å². The predicted octanol–water partition coefficient (Wildman–Crippen LogP) is 0.992. The number of carbonyl (C=O) groups is 1. The van der Waals surface area contributed by atoms with E-state index in [0.29, 0.717) is 35.7 Å². The Balaban J connectivity index is 1.57. The Kier molecular flexibility index (Phi) is 2.88. The molecule has 110 valence electrons. The number of H-pyrrole nitrogens is 1. The minimum Gasteiger partial charge on any atom is -0.371 e. The van der Waals surface area contributed by atoms with Crippen LogP contribution >= 0.6 is 0 Å². The molecule has 2 aromatic rings. The van der Waals surface area contributed by atoms with Crippen LogP contribution in [0.4, 0.5) is 0 Å². The number of nitrogens with one attached hydrogen (secondary N) is 1. The van der Waals surface area contributed by atoms with Crippen LogP contribution in [0.25, 0.3) is 11.2 Å². The average Bonchev–Trinajstić information content (AvgIpc) is 3.23. The molecule has 2 fully saturated rings. The molecular weight excluding hydrogens is 270 g/mol. The first-order chi connectivity index (χ1) is 10.2. The van der Waals surface area contributed by atoms with Gasteiger partial charge in [0.1, 0.15) is 5.52 Å². The lowest BCUT2D eigenvalue weighted by molar-refractivity contribution is -0.0761. The van der Waals surface area contributed by atoms with Crippen molar-refractivity contribution in [3.8, 4) is 0 Å². The van der Waals surface area contributed by atoms with Gasteiger partial charge in [-0.3, -0.25) is 4.79 Å². The SMILES string of the molecule is CC1CN(C(=O)c2cnc3n[nH]nc3c2)CC(C2CC2)O1. The summed E-state index contributed by atoms with van der Waals surface area (Å²) in [6.07, 6.45) is 4.26. The van der Waals surface area contributed by atoms with E-state index in [-0.39, 0.29) is 18.1 Å². The highest BCUT2D eigenvalue weighted by Crippen LogP contribution is 2.36. The van der Waals surface area contributed by atoms with Crippen molar-refractivity contribution in [1.29, 1.82) is 0 Å². The fraction of sp³-hybridized carbons (Fsp3) is 0.571. The number of pyridine rings is 1. The molecular formula is C14H17N5O2. The second-order valence-corrected chi connectivity index (χ2v) is 5.92. The van der Waals surface area contributed by atoms with Crippen molar-refractivity contribution in [3.05, 3.63) is 17.8 Å². The molecule has 1 saturated carbocycles. The van der Waals surface area contributed by atoms with E-state index in [0.717, 1.165) is 0 Å². The van der Waals surface area contributed by atoms with E-state index in [1.165, 1.54) is 12.8 Å². The zero-order valence-electron chi connectivity index (χ0n) is 11.8. The summed E-state index contributed by atoms with van der Waals surface area (Å²) in [4.78, 5) is 18.7. The number of morpholine rings is 1. The number of hydrogen-bond donors (Lipinski definition) is 1. The zero-order chi connectivity index (χ0) is 14.4. The molecule has 0 radical (unpaired) electrons. The van der Waals surface area contributed by atoms with Crippen LogP contribution in [0.2, 0.25) is 0 Å². The normalized spacial score (nSPS) is 26.2. The van der Waals surface area contributed by atoms with Crippen molar-refractivity contribution >= 4 is 17.1 Å². The molecule has 1 amide bonds. The molecule has 2 aliphatic rings. The third-order valence-corrected chi connectivity index (χ3v) is 4.14. The smallest absolute Gasteiger partial charge is 0.255 e. The lowest BCUT2D eigenvalue weighted by atomic mass is 10.1. The van der Waals surface area contributed by atoms with E-state index in [1.807, 2.05) is 11.8 Å². The number of aromatic nitrogens is 4. The quantitative estimate of drug-likeness (QED) is 0.890. The fourth-order valence-corrected chi connectivity index (χ4v) is 2.92. The topological polar surface area (TPSA) is 84.0 Å². The van der Waals surface area contributed by atoms with Gasteiger partial charge in [-0.05, 0) is 31.7 Å². The molecule has 1 N–H and O–H groups in total. The predicted molar refractivity (Wildman–Crippen MR) is 74.6 cm³/mol. The van der Waals surface area contributed by atoms with E-state index in [1.54, 1.807) is 12.3 Å². The standard InChI is InChI=1S/C14H17N5O2/c1-8-6-19(7-12(21-8)9-2-3-9)14(20)10-4-11-13(15-5-10)17-18-16-11/h4-5,8-9,12H,2-3,6-7H2,1H3,(H,15,16,17,18). The van der Waals surface area contributed by atoms with Crippen molar-refractivity contribution in [3.63, 3.8) is 0 Å². The first kappa shape index (κ1) is 12.7. The summed E-state index contributed by atoms with van der Waals surface area (Å²) in [7, 11) is 0. The molecule has 4 rings (SSSR count). The van der Waals surface area contributed by atoms with Crippen LogP contribution in [0.3, 0.4) is 0 Å². The summed E-state index contributed by atoms with van der Waals surface area (Å²) < 4.78 is 5.95. The van der Waals surface area contributed by atoms with Gasteiger partial charge < -0.3 is 9.64 Å². The number of aromatic amines is 1. The summed E-state index contributed by atoms with van der Waals surface area (Å²) in [5, 5.41) is 10.4. The molecule has 1 aliphatic carbocycles. The van der Waals surface area contributed by atoms with E-state index in [2.05, 4.69) is 20.4 Å². The van der Waals surface area contributed by atoms with Crippen LogP contribution in [-0.4, -0.2) is 56.5 Å². The third-order valence-electron chi connectivity index (χ3n) is 4.14. The summed E-state index contributed by atoms with van der Waals surface area (Å²) in [5.74, 6) is 0.618. The van der Waals surface area contributed by atoms with E-state index < -0.39 is 0 Å². The van der Waals surface area contributed by atoms with E-state index in [4.69, 9.17) is 4.74 Å². The van der Waals surface area contributed by atoms with Gasteiger partial charge in [-0.15, -0.1) is 5.10 Å². The van der Waals surface area contributed by atoms with Crippen LogP contribution < -0.4 is 0 Å². The third kappa shape index (κ3) is 2.37. The van der Waals surface area contributed by atoms with Gasteiger partial charge in [0.05, 0.1) is 17.8 Å². The van der Waals surface area contributed by atoms with Gasteiger partial charge in [0.25, 0.3) is 5.91 Å². The van der Waals surface area contributed by atoms with Crippen LogP contribution in [0.15, 0.2) is 12.3 Å². The largest absolute Gasteiger partial charge is 0.371 e. The minimum absolute atomic E-state index is 0.00630. The van der Waals surface area contributed by atoms with Gasteiger partial charge in [0.15, 0.2) is 0 Å². The van der Waals surface area contributed by atoms with E-state index in [9.17, 15) is 4.79 Å². The van der Waals surface area contributed by atoms with Crippen molar-refractivity contribution in [1.82, 2.24) is 25.3 Å². The van der Waals surface area contributed by atoms with Gasteiger partial charge >= 0.3 is 0 Å². The monoisotopic (exact) mass is 287 g/mol. The molecule has 3 heterocycles. The maximum atomic E-state index is 12.7. The first-order valence-corrected chi connectivity index (χ1v) is 7.32. The second kappa shape index (κ2) is 4.77. The number of fused-ring (bicyclic) bond motifs is 1. The molecule has 0 aromatic carbocycles. The van der Waals surface area contributed by atoms with Crippen molar-refractivity contribution in [2.45, 2.75) is 32.0 Å². The van der Waals surface area contributed by atoms with Gasteiger partial charge in [0.2, 0.25) is 5.65 Å². The number of rotatable bonds is 2. The van der Waals surface area contributed by atoms with Crippen LogP contribution in [0.5, 0.6) is 0 Å². The molecule has 0 spiro atoms. The van der Waals surface area contributed by atoms with Gasteiger partial charge in [0, 0.05) is 19.3 Å². The first-order valence-electron chi connectivity index (χ1n) is 7.32. The fourth-order valence-electron chi connectivity index (χ4n) is 2.92. The van der Waals surface area contributed by atoms with Gasteiger partial charge in [-0.2, -0.15) is 10.3 Å². The Morgan fingerprint density at radius 1 is 1.38 bits per heavy atom. The summed E-state index contributed by atoms with van der Waals surface area (Å²) in [6.45, 7) is 3.32. The number of hydrogen-bond acceptors (Lipinski definition) is 5. The zero-order valence-corrected chi connectivity index (χ0v) is 11.8. The highest BCUT2D eigenvalue weighted by Gasteiger charge is 2.38. The molecule has 0 bridgehead atoms. The minimum atomic E-state index is -0.00630. The van der Waals surface area contributed by atoms with Crippen LogP contribution in [-0.2, 0) is 4.74 Å². The number of nitrogens with zero attached hydrogens (tertiary/aromatic N) is 4. The van der Waals surface area contributed by atoms with Gasteiger partial charge in [-0.1, -0.05) is 0 Å². The Morgan fingerprint density at radius 3 is 3.05 bits per heavy atom. The molecule has 2 atom stereocenters. The van der Waals surface area contributed by atoms with Crippen LogP contribution in [0.1, 0.15) is 30.1 Å². The summed E-state index contributed by atoms with van der Waals surface area (Å²) >= 11 is 0. The Bertz CT molecular complexity index is 681. The van der Waals surface area contributed by atoms with Crippen molar-refractivity contribution in [2.24, 2.45) is 5.92 Å². The summed E-state index contributed by atoms with van der Waals surface area (Å²) in [5.41, 5.74) is 1.69. The number of ether oxygens (including phenoxy) is 1. The molecule has 2 unspecified atom stereocenters. The molecule has 7 nitrogen and oxygen atoms in total. The number of carbonyl (C=O) groups excluding carboxylic acids is 1. The Labute approximate surface area is 121 Å².